The molecule has 0 saturated heterocycles. The second-order valence-electron chi connectivity index (χ2n) is 13.7. The number of fused-ring (bicyclic) bond motifs is 3. The van der Waals surface area contributed by atoms with Crippen LogP contribution in [0.15, 0.2) is 130 Å². The highest BCUT2D eigenvalue weighted by Crippen LogP contribution is 2.46. The summed E-state index contributed by atoms with van der Waals surface area (Å²) in [5.41, 5.74) is 18.8. The van der Waals surface area contributed by atoms with Crippen LogP contribution in [0.3, 0.4) is 0 Å². The molecule has 65 heavy (non-hydrogen) atoms. The van der Waals surface area contributed by atoms with Gasteiger partial charge in [0.1, 0.15) is 14.7 Å². The number of allylic oxidation sites excluding steroid dienone is 3. The summed E-state index contributed by atoms with van der Waals surface area (Å²) in [5.74, 6) is -7.05. The van der Waals surface area contributed by atoms with Crippen LogP contribution in [0, 0.1) is 16.6 Å². The molecule has 22 heteroatoms. The Balaban J connectivity index is 1.37. The van der Waals surface area contributed by atoms with Crippen LogP contribution in [0.2, 0.25) is 0 Å². The zero-order chi connectivity index (χ0) is 46.4. The summed E-state index contributed by atoms with van der Waals surface area (Å²) in [6.45, 7) is 0. The predicted molar refractivity (Wildman–Crippen MR) is 223 cm³/mol. The fourth-order valence-corrected chi connectivity index (χ4v) is 10.4. The van der Waals surface area contributed by atoms with Gasteiger partial charge in [0.25, 0.3) is 17.3 Å². The van der Waals surface area contributed by atoms with E-state index in [0.717, 1.165) is 66.8 Å². The number of hydrogen-bond acceptors (Lipinski definition) is 16. The summed E-state index contributed by atoms with van der Waals surface area (Å²) in [4.78, 5) is 60.9. The molecule has 0 spiro atoms. The first-order valence-electron chi connectivity index (χ1n) is 18.4. The van der Waals surface area contributed by atoms with Crippen LogP contribution in [0.4, 0.5) is 0 Å². The maximum Gasteiger partial charge on any atom is 0.412 e. The Kier molecular flexibility index (Phi) is 10.8. The lowest BCUT2D eigenvalue weighted by Crippen LogP contribution is -2.23. The van der Waals surface area contributed by atoms with E-state index in [4.69, 9.17) is 29.1 Å². The normalized spacial score (nSPS) is 14.1. The summed E-state index contributed by atoms with van der Waals surface area (Å²) >= 11 is 0. The molecule has 5 aromatic rings. The van der Waals surface area contributed by atoms with Gasteiger partial charge in [-0.2, -0.15) is 25.3 Å². The van der Waals surface area contributed by atoms with Gasteiger partial charge < -0.3 is 12.5 Å². The van der Waals surface area contributed by atoms with Crippen molar-refractivity contribution >= 4 is 88.9 Å². The molecule has 0 radical (unpaired) electrons. The van der Waals surface area contributed by atoms with E-state index in [0.29, 0.717) is 0 Å². The Morgan fingerprint density at radius 1 is 0.431 bits per heavy atom. The lowest BCUT2D eigenvalue weighted by molar-refractivity contribution is -0.117. The minimum absolute atomic E-state index is 0.0896. The predicted octanol–water partition coefficient (Wildman–Crippen LogP) is 4.89. The van der Waals surface area contributed by atoms with E-state index in [1.54, 1.807) is 6.07 Å². The number of benzene rings is 5. The summed E-state index contributed by atoms with van der Waals surface area (Å²) < 4.78 is 104. The molecule has 3 aliphatic carbocycles. The number of carbonyl (C=O) groups is 4. The number of ketones is 4. The Morgan fingerprint density at radius 3 is 1.22 bits per heavy atom. The molecule has 19 nitrogen and oxygen atoms in total. The van der Waals surface area contributed by atoms with Gasteiger partial charge >= 0.3 is 47.5 Å². The lowest BCUT2D eigenvalue weighted by atomic mass is 9.95. The molecule has 0 atom stereocenters. The van der Waals surface area contributed by atoms with Crippen molar-refractivity contribution in [2.75, 3.05) is 0 Å². The van der Waals surface area contributed by atoms with Crippen molar-refractivity contribution in [3.63, 3.8) is 0 Å². The van der Waals surface area contributed by atoms with Crippen molar-refractivity contribution in [1.82, 2.24) is 0 Å². The minimum Gasteiger partial charge on any atom is -0.375 e. The average molecular weight is 930 g/mol. The number of nitrogens with zero attached hydrogens (tertiary/aromatic N) is 3. The van der Waals surface area contributed by atoms with Gasteiger partial charge in [-0.3, -0.25) is 19.2 Å². The highest BCUT2D eigenvalue weighted by molar-refractivity contribution is 7.88. The molecule has 3 N–H and O–H groups in total. The lowest BCUT2D eigenvalue weighted by Gasteiger charge is -2.21. The topological polar surface area (TPSA) is 312 Å². The van der Waals surface area contributed by atoms with Gasteiger partial charge in [-0.05, 0) is 48.6 Å². The number of carbonyl (C=O) groups excluding carboxylic acids is 4. The van der Waals surface area contributed by atoms with E-state index >= 15 is 0 Å². The zero-order valence-electron chi connectivity index (χ0n) is 32.6. The van der Waals surface area contributed by atoms with Crippen LogP contribution in [0.5, 0.6) is 17.2 Å². The second kappa shape index (κ2) is 16.3. The van der Waals surface area contributed by atoms with Crippen molar-refractivity contribution in [2.24, 2.45) is 0 Å². The number of nitrogens with one attached hydrogen (secondary N) is 3. The summed E-state index contributed by atoms with van der Waals surface area (Å²) in [5, 5.41) is 0. The van der Waals surface area contributed by atoms with Crippen molar-refractivity contribution in [1.29, 1.82) is 16.6 Å². The largest absolute Gasteiger partial charge is 0.412 e. The van der Waals surface area contributed by atoms with E-state index in [9.17, 15) is 44.4 Å². The molecule has 3 aliphatic rings. The molecular formula is C43H25N6O13S3+3. The molecular weight excluding hydrogens is 905 g/mol. The van der Waals surface area contributed by atoms with Gasteiger partial charge in [0, 0.05) is 57.2 Å². The van der Waals surface area contributed by atoms with Crippen LogP contribution >= 0.6 is 0 Å². The van der Waals surface area contributed by atoms with Crippen LogP contribution in [0.1, 0.15) is 63.7 Å². The number of rotatable bonds is 11. The quantitative estimate of drug-likeness (QED) is 0.0689. The van der Waals surface area contributed by atoms with Crippen molar-refractivity contribution in [2.45, 2.75) is 14.7 Å². The van der Waals surface area contributed by atoms with Gasteiger partial charge in [0.05, 0.1) is 36.5 Å². The Labute approximate surface area is 367 Å². The van der Waals surface area contributed by atoms with Crippen LogP contribution in [-0.2, 0) is 30.4 Å². The smallest absolute Gasteiger partial charge is 0.375 e. The average Bonchev–Trinajstić information content (AvgIpc) is 3.30. The number of Topliss-reactive ketones (excluding diaryl/α,β-unsaturated/α-hetero) is 3. The first kappa shape index (κ1) is 43.1. The molecule has 0 amide bonds. The van der Waals surface area contributed by atoms with E-state index in [2.05, 4.69) is 14.4 Å². The van der Waals surface area contributed by atoms with Crippen molar-refractivity contribution < 1.29 is 71.4 Å². The third-order valence-corrected chi connectivity index (χ3v) is 13.8. The Hall–Kier alpha value is -8.61. The van der Waals surface area contributed by atoms with E-state index in [1.807, 2.05) is 0 Å². The molecule has 320 valence electrons. The van der Waals surface area contributed by atoms with Crippen LogP contribution in [0.25, 0.3) is 18.2 Å². The maximum absolute atomic E-state index is 14.6. The molecule has 0 heterocycles. The Morgan fingerprint density at radius 2 is 0.815 bits per heavy atom. The number of hydrogen-bond donors (Lipinski definition) is 3. The summed E-state index contributed by atoms with van der Waals surface area (Å²) in [6.07, 6.45) is 6.71. The van der Waals surface area contributed by atoms with E-state index in [-0.39, 0.29) is 56.1 Å². The monoisotopic (exact) mass is 929 g/mol. The van der Waals surface area contributed by atoms with Crippen LogP contribution in [-0.4, -0.2) is 79.9 Å². The zero-order valence-corrected chi connectivity index (χ0v) is 35.0. The molecule has 0 aromatic heterocycles. The van der Waals surface area contributed by atoms with Gasteiger partial charge in [-0.1, -0.05) is 66.7 Å². The molecule has 8 rings (SSSR count). The summed E-state index contributed by atoms with van der Waals surface area (Å²) in [6, 6.07) is 19.2. The molecule has 0 fully saturated rings. The van der Waals surface area contributed by atoms with Gasteiger partial charge in [-0.25, -0.2) is 0 Å². The fourth-order valence-electron chi connectivity index (χ4n) is 6.96. The third kappa shape index (κ3) is 7.57. The first-order valence-corrected chi connectivity index (χ1v) is 22.6. The van der Waals surface area contributed by atoms with Crippen LogP contribution < -0.4 is 12.5 Å². The van der Waals surface area contributed by atoms with Gasteiger partial charge in [0.2, 0.25) is 11.5 Å². The first-order chi connectivity index (χ1) is 31.0. The molecule has 5 aromatic carbocycles. The molecule has 0 aliphatic heterocycles. The third-order valence-electron chi connectivity index (χ3n) is 9.97. The van der Waals surface area contributed by atoms with Crippen molar-refractivity contribution in [3.05, 3.63) is 160 Å². The van der Waals surface area contributed by atoms with E-state index < -0.39 is 91.0 Å². The standard InChI is InChI=1S/C43H25N6O13S3/c44-47-31-19-15-24-27(39(31)51)9-4-12-35(24)63(54,55)60-34-22-18-30(38(50)23-7-2-1-3-8-23)42(61-64(56,57)36-13-5-10-28-25(36)16-20-32(48-45)40(28)52)43(34)62-65(58,59)37-14-6-11-29-26(37)17-21-33(49-46)41(29)53/h1-22,44-46H/q+3. The van der Waals surface area contributed by atoms with E-state index in [1.165, 1.54) is 60.7 Å². The maximum atomic E-state index is 14.6. The van der Waals surface area contributed by atoms with Gasteiger partial charge in [-0.15, -0.1) is 0 Å². The SMILES string of the molecule is N=[N+]=C1C=Cc2c(cccc2S(=O)(=O)Oc2ccc(C(=O)c3ccccc3)c(OS(=O)(=O)c3cccc4c3C=CC(=[N+]=N)C4=O)c2OS(=O)(=O)c2cccc3c2C=CC(=[N+]=N)C3=O)C1=O. The van der Waals surface area contributed by atoms with Gasteiger partial charge in [0.15, 0.2) is 11.5 Å². The highest BCUT2D eigenvalue weighted by Gasteiger charge is 2.39. The minimum atomic E-state index is -5.38. The Bertz CT molecular complexity index is 3660. The molecule has 0 bridgehead atoms. The highest BCUT2D eigenvalue weighted by atomic mass is 32.2. The van der Waals surface area contributed by atoms with Crippen molar-refractivity contribution in [3.8, 4) is 17.2 Å². The molecule has 0 saturated carbocycles. The summed E-state index contributed by atoms with van der Waals surface area (Å²) in [7, 11) is -15.9. The fraction of sp³-hybridized carbons (Fsp3) is 0. The molecule has 0 unspecified atom stereocenters. The second-order valence-corrected chi connectivity index (χ2v) is 18.3.